The highest BCUT2D eigenvalue weighted by Gasteiger charge is 2.40. The van der Waals surface area contributed by atoms with Gasteiger partial charge in [0.05, 0.1) is 0 Å². The molecular formula is C16H23NO2S. The summed E-state index contributed by atoms with van der Waals surface area (Å²) in [5.41, 5.74) is 0.526. The van der Waals surface area contributed by atoms with Gasteiger partial charge in [0, 0.05) is 17.9 Å². The molecule has 0 radical (unpaired) electrons. The van der Waals surface area contributed by atoms with Gasteiger partial charge in [-0.25, -0.2) is 4.98 Å². The third-order valence-corrected chi connectivity index (χ3v) is 5.96. The molecule has 110 valence electrons. The van der Waals surface area contributed by atoms with Crippen LogP contribution in [0.15, 0.2) is 0 Å². The van der Waals surface area contributed by atoms with E-state index in [4.69, 9.17) is 9.72 Å². The number of ketones is 1. The van der Waals surface area contributed by atoms with Crippen LogP contribution in [0, 0.1) is 5.92 Å². The maximum Gasteiger partial charge on any atom is 0.182 e. The molecule has 0 saturated heterocycles. The van der Waals surface area contributed by atoms with Gasteiger partial charge in [0.15, 0.2) is 5.78 Å². The average Bonchev–Trinajstić information content (AvgIpc) is 2.88. The normalized spacial score (nSPS) is 30.3. The molecule has 3 nitrogen and oxygen atoms in total. The number of aromatic nitrogens is 1. The van der Waals surface area contributed by atoms with E-state index in [0.29, 0.717) is 13.0 Å². The molecule has 4 heteroatoms. The zero-order valence-corrected chi connectivity index (χ0v) is 13.2. The van der Waals surface area contributed by atoms with Gasteiger partial charge in [-0.15, -0.1) is 11.3 Å². The standard InChI is InChI=1S/C16H23NO2S/c1-3-19-16(9-7-11(2)8-10-16)15-17-14-12(18)5-4-6-13(14)20-15/h11H,3-10H2,1-2H3. The van der Waals surface area contributed by atoms with E-state index < -0.39 is 0 Å². The molecule has 0 atom stereocenters. The summed E-state index contributed by atoms with van der Waals surface area (Å²) >= 11 is 1.73. The summed E-state index contributed by atoms with van der Waals surface area (Å²) in [7, 11) is 0. The number of aryl methyl sites for hydroxylation is 1. The highest BCUT2D eigenvalue weighted by atomic mass is 32.1. The Labute approximate surface area is 124 Å². The van der Waals surface area contributed by atoms with Crippen LogP contribution in [0.3, 0.4) is 0 Å². The Balaban J connectivity index is 1.94. The Kier molecular flexibility index (Phi) is 3.95. The van der Waals surface area contributed by atoms with Crippen LogP contribution in [-0.2, 0) is 16.8 Å². The number of Topliss-reactive ketones (excluding diaryl/α,β-unsaturated/α-hetero) is 1. The molecule has 0 N–H and O–H groups in total. The van der Waals surface area contributed by atoms with Crippen LogP contribution < -0.4 is 0 Å². The number of carbonyl (C=O) groups excluding carboxylic acids is 1. The number of hydrogen-bond acceptors (Lipinski definition) is 4. The Morgan fingerprint density at radius 1 is 1.35 bits per heavy atom. The maximum atomic E-state index is 12.0. The van der Waals surface area contributed by atoms with E-state index >= 15 is 0 Å². The molecule has 1 aromatic rings. The second-order valence-electron chi connectivity index (χ2n) is 6.18. The second-order valence-corrected chi connectivity index (χ2v) is 7.26. The van der Waals surface area contributed by atoms with Crippen LogP contribution in [0.2, 0.25) is 0 Å². The first-order chi connectivity index (χ1) is 9.64. The van der Waals surface area contributed by atoms with Gasteiger partial charge < -0.3 is 4.74 Å². The van der Waals surface area contributed by atoms with Crippen molar-refractivity contribution in [3.8, 4) is 0 Å². The van der Waals surface area contributed by atoms with Crippen LogP contribution >= 0.6 is 11.3 Å². The molecule has 1 saturated carbocycles. The number of hydrogen-bond donors (Lipinski definition) is 0. The summed E-state index contributed by atoms with van der Waals surface area (Å²) in [6, 6.07) is 0. The highest BCUT2D eigenvalue weighted by molar-refractivity contribution is 7.12. The smallest absolute Gasteiger partial charge is 0.182 e. The summed E-state index contributed by atoms with van der Waals surface area (Å²) < 4.78 is 6.15. The molecule has 0 amide bonds. The Morgan fingerprint density at radius 3 is 2.75 bits per heavy atom. The summed E-state index contributed by atoms with van der Waals surface area (Å²) in [5.74, 6) is 1.00. The van der Waals surface area contributed by atoms with Gasteiger partial charge in [-0.2, -0.15) is 0 Å². The van der Waals surface area contributed by atoms with Gasteiger partial charge in [0.1, 0.15) is 16.3 Å². The average molecular weight is 293 g/mol. The van der Waals surface area contributed by atoms with Crippen molar-refractivity contribution in [1.82, 2.24) is 4.98 Å². The third-order valence-electron chi connectivity index (χ3n) is 4.66. The van der Waals surface area contributed by atoms with Crippen molar-refractivity contribution in [2.24, 2.45) is 5.92 Å². The molecule has 1 fully saturated rings. The van der Waals surface area contributed by atoms with E-state index in [1.807, 2.05) is 0 Å². The lowest BCUT2D eigenvalue weighted by atomic mass is 9.79. The van der Waals surface area contributed by atoms with E-state index in [-0.39, 0.29) is 11.4 Å². The van der Waals surface area contributed by atoms with Gasteiger partial charge in [0.2, 0.25) is 0 Å². The van der Waals surface area contributed by atoms with E-state index in [1.54, 1.807) is 11.3 Å². The topological polar surface area (TPSA) is 39.2 Å². The zero-order valence-electron chi connectivity index (χ0n) is 12.4. The predicted octanol–water partition coefficient (Wildman–Crippen LogP) is 4.10. The summed E-state index contributed by atoms with van der Waals surface area (Å²) in [6.07, 6.45) is 7.12. The summed E-state index contributed by atoms with van der Waals surface area (Å²) in [4.78, 5) is 17.9. The number of ether oxygens (including phenoxy) is 1. The third kappa shape index (κ3) is 2.44. The number of carbonyl (C=O) groups is 1. The lowest BCUT2D eigenvalue weighted by molar-refractivity contribution is -0.0776. The number of fused-ring (bicyclic) bond motifs is 1. The molecule has 2 aliphatic rings. The fraction of sp³-hybridized carbons (Fsp3) is 0.750. The molecular weight excluding hydrogens is 270 g/mol. The minimum atomic E-state index is -0.219. The van der Waals surface area contributed by atoms with Crippen LogP contribution in [-0.4, -0.2) is 17.4 Å². The lowest BCUT2D eigenvalue weighted by Gasteiger charge is -2.37. The van der Waals surface area contributed by atoms with Gasteiger partial charge in [-0.05, 0) is 51.4 Å². The van der Waals surface area contributed by atoms with E-state index in [0.717, 1.165) is 42.3 Å². The summed E-state index contributed by atoms with van der Waals surface area (Å²) in [5, 5.41) is 1.06. The van der Waals surface area contributed by atoms with Crippen molar-refractivity contribution in [3.63, 3.8) is 0 Å². The number of thiazole rings is 1. The monoisotopic (exact) mass is 293 g/mol. The highest BCUT2D eigenvalue weighted by Crippen LogP contribution is 2.45. The van der Waals surface area contributed by atoms with Crippen LogP contribution in [0.25, 0.3) is 0 Å². The molecule has 0 aliphatic heterocycles. The fourth-order valence-corrected chi connectivity index (χ4v) is 4.71. The predicted molar refractivity (Wildman–Crippen MR) is 80.3 cm³/mol. The summed E-state index contributed by atoms with van der Waals surface area (Å²) in [6.45, 7) is 5.08. The molecule has 3 rings (SSSR count). The first-order valence-corrected chi connectivity index (χ1v) is 8.63. The molecule has 0 bridgehead atoms. The van der Waals surface area contributed by atoms with Crippen molar-refractivity contribution >= 4 is 17.1 Å². The van der Waals surface area contributed by atoms with Crippen molar-refractivity contribution < 1.29 is 9.53 Å². The van der Waals surface area contributed by atoms with E-state index in [9.17, 15) is 4.79 Å². The minimum Gasteiger partial charge on any atom is -0.368 e. The Bertz CT molecular complexity index is 501. The van der Waals surface area contributed by atoms with Crippen LogP contribution in [0.4, 0.5) is 0 Å². The molecule has 0 aromatic carbocycles. The number of nitrogens with zero attached hydrogens (tertiary/aromatic N) is 1. The Hall–Kier alpha value is -0.740. The number of rotatable bonds is 3. The van der Waals surface area contributed by atoms with Crippen molar-refractivity contribution in [3.05, 3.63) is 15.6 Å². The van der Waals surface area contributed by atoms with Gasteiger partial charge >= 0.3 is 0 Å². The van der Waals surface area contributed by atoms with Crippen molar-refractivity contribution in [1.29, 1.82) is 0 Å². The van der Waals surface area contributed by atoms with E-state index in [1.165, 1.54) is 17.7 Å². The van der Waals surface area contributed by atoms with Crippen LogP contribution in [0.1, 0.15) is 72.7 Å². The van der Waals surface area contributed by atoms with Gasteiger partial charge in [-0.3, -0.25) is 4.79 Å². The molecule has 0 spiro atoms. The fourth-order valence-electron chi connectivity index (χ4n) is 3.39. The van der Waals surface area contributed by atoms with Gasteiger partial charge in [0.25, 0.3) is 0 Å². The maximum absolute atomic E-state index is 12.0. The molecule has 20 heavy (non-hydrogen) atoms. The molecule has 2 aliphatic carbocycles. The zero-order chi connectivity index (χ0) is 14.2. The van der Waals surface area contributed by atoms with E-state index in [2.05, 4.69) is 13.8 Å². The second kappa shape index (κ2) is 5.57. The first kappa shape index (κ1) is 14.2. The molecule has 1 aromatic heterocycles. The van der Waals surface area contributed by atoms with Gasteiger partial charge in [-0.1, -0.05) is 6.92 Å². The van der Waals surface area contributed by atoms with Crippen LogP contribution in [0.5, 0.6) is 0 Å². The van der Waals surface area contributed by atoms with Crippen molar-refractivity contribution in [2.45, 2.75) is 64.4 Å². The van der Waals surface area contributed by atoms with Crippen molar-refractivity contribution in [2.75, 3.05) is 6.61 Å². The molecule has 0 unspecified atom stereocenters. The SMILES string of the molecule is CCOC1(c2nc3c(s2)CCCC3=O)CCC(C)CC1. The quantitative estimate of drug-likeness (QED) is 0.842. The molecule has 1 heterocycles. The Morgan fingerprint density at radius 2 is 2.10 bits per heavy atom. The minimum absolute atomic E-state index is 0.219. The lowest BCUT2D eigenvalue weighted by Crippen LogP contribution is -2.34. The largest absolute Gasteiger partial charge is 0.368 e. The first-order valence-electron chi connectivity index (χ1n) is 7.82.